The van der Waals surface area contributed by atoms with Gasteiger partial charge in [-0.1, -0.05) is 24.3 Å². The molecule has 0 radical (unpaired) electrons. The summed E-state index contributed by atoms with van der Waals surface area (Å²) in [5, 5.41) is 3.01. The van der Waals surface area contributed by atoms with Gasteiger partial charge >= 0.3 is 0 Å². The van der Waals surface area contributed by atoms with Gasteiger partial charge in [-0.05, 0) is 24.0 Å². The molecule has 1 aliphatic carbocycles. The second-order valence-corrected chi connectivity index (χ2v) is 6.04. The van der Waals surface area contributed by atoms with E-state index in [2.05, 4.69) is 5.32 Å². The number of benzene rings is 1. The van der Waals surface area contributed by atoms with E-state index in [0.717, 1.165) is 18.4 Å². The quantitative estimate of drug-likeness (QED) is 0.798. The highest BCUT2D eigenvalue weighted by atomic mass is 32.2. The van der Waals surface area contributed by atoms with Crippen molar-refractivity contribution in [3.05, 3.63) is 35.4 Å². The average Bonchev–Trinajstić information content (AvgIpc) is 2.67. The van der Waals surface area contributed by atoms with Crippen LogP contribution >= 0.6 is 0 Å². The Morgan fingerprint density at radius 2 is 2.17 bits per heavy atom. The van der Waals surface area contributed by atoms with Gasteiger partial charge in [-0.3, -0.25) is 4.55 Å². The zero-order chi connectivity index (χ0) is 13.2. The van der Waals surface area contributed by atoms with Gasteiger partial charge < -0.3 is 5.32 Å². The van der Waals surface area contributed by atoms with Crippen LogP contribution in [0.4, 0.5) is 4.39 Å². The SMILES string of the molecule is O=S(=O)(O)C[C@@H](F)CNC1CCc2ccccc21. The van der Waals surface area contributed by atoms with Gasteiger partial charge in [0.1, 0.15) is 11.9 Å². The minimum absolute atomic E-state index is 0.0702. The van der Waals surface area contributed by atoms with Gasteiger partial charge in [-0.2, -0.15) is 8.42 Å². The summed E-state index contributed by atoms with van der Waals surface area (Å²) in [5.41, 5.74) is 2.40. The van der Waals surface area contributed by atoms with Crippen LogP contribution in [0, 0.1) is 0 Å². The molecule has 0 saturated carbocycles. The molecule has 1 unspecified atom stereocenters. The minimum atomic E-state index is -4.24. The van der Waals surface area contributed by atoms with Crippen LogP contribution in [0.5, 0.6) is 0 Å². The monoisotopic (exact) mass is 273 g/mol. The number of aryl methyl sites for hydroxylation is 1. The van der Waals surface area contributed by atoms with Gasteiger partial charge in [0.2, 0.25) is 0 Å². The average molecular weight is 273 g/mol. The Kier molecular flexibility index (Phi) is 3.99. The standard InChI is InChI=1S/C12H16FNO3S/c13-10(8-18(15,16)17)7-14-12-6-5-9-3-1-2-4-11(9)12/h1-4,10,12,14H,5-8H2,(H,15,16,17)/t10-,12?/m0/s1. The summed E-state index contributed by atoms with van der Waals surface area (Å²) in [6.45, 7) is -0.0706. The molecule has 0 aromatic heterocycles. The second-order valence-electron chi connectivity index (χ2n) is 4.54. The molecule has 4 nitrogen and oxygen atoms in total. The largest absolute Gasteiger partial charge is 0.307 e. The molecule has 0 aliphatic heterocycles. The molecule has 18 heavy (non-hydrogen) atoms. The van der Waals surface area contributed by atoms with Crippen molar-refractivity contribution in [2.45, 2.75) is 25.1 Å². The van der Waals surface area contributed by atoms with Crippen LogP contribution in [0.3, 0.4) is 0 Å². The maximum atomic E-state index is 13.3. The lowest BCUT2D eigenvalue weighted by atomic mass is 10.1. The first-order chi connectivity index (χ1) is 8.46. The molecule has 0 heterocycles. The Morgan fingerprint density at radius 3 is 2.89 bits per heavy atom. The van der Waals surface area contributed by atoms with E-state index in [0.29, 0.717) is 0 Å². The van der Waals surface area contributed by atoms with Crippen LogP contribution in [-0.4, -0.2) is 31.4 Å². The third-order valence-corrected chi connectivity index (χ3v) is 3.89. The number of alkyl halides is 1. The summed E-state index contributed by atoms with van der Waals surface area (Å²) in [7, 11) is -4.24. The van der Waals surface area contributed by atoms with Crippen molar-refractivity contribution in [1.82, 2.24) is 5.32 Å². The summed E-state index contributed by atoms with van der Waals surface area (Å²) in [6.07, 6.45) is 0.244. The molecule has 2 rings (SSSR count). The van der Waals surface area contributed by atoms with Crippen molar-refractivity contribution in [2.24, 2.45) is 0 Å². The highest BCUT2D eigenvalue weighted by Gasteiger charge is 2.23. The Bertz CT molecular complexity index is 518. The van der Waals surface area contributed by atoms with Crippen LogP contribution in [0.2, 0.25) is 0 Å². The zero-order valence-corrected chi connectivity index (χ0v) is 10.7. The van der Waals surface area contributed by atoms with Crippen molar-refractivity contribution in [3.8, 4) is 0 Å². The molecular weight excluding hydrogens is 257 g/mol. The number of hydrogen-bond acceptors (Lipinski definition) is 3. The molecule has 6 heteroatoms. The first-order valence-electron chi connectivity index (χ1n) is 5.86. The van der Waals surface area contributed by atoms with Crippen LogP contribution in [-0.2, 0) is 16.5 Å². The van der Waals surface area contributed by atoms with Gasteiger partial charge in [0.05, 0.1) is 0 Å². The van der Waals surface area contributed by atoms with Crippen molar-refractivity contribution in [2.75, 3.05) is 12.3 Å². The van der Waals surface area contributed by atoms with E-state index < -0.39 is 22.0 Å². The smallest absolute Gasteiger partial charge is 0.267 e. The molecule has 1 aromatic carbocycles. The highest BCUT2D eigenvalue weighted by molar-refractivity contribution is 7.85. The predicted molar refractivity (Wildman–Crippen MR) is 66.8 cm³/mol. The van der Waals surface area contributed by atoms with Crippen molar-refractivity contribution < 1.29 is 17.4 Å². The van der Waals surface area contributed by atoms with E-state index in [9.17, 15) is 12.8 Å². The summed E-state index contributed by atoms with van der Waals surface area (Å²) >= 11 is 0. The maximum Gasteiger partial charge on any atom is 0.267 e. The van der Waals surface area contributed by atoms with Gasteiger partial charge in [-0.15, -0.1) is 0 Å². The van der Waals surface area contributed by atoms with Gasteiger partial charge in [0, 0.05) is 12.6 Å². The zero-order valence-electron chi connectivity index (χ0n) is 9.84. The number of halogens is 1. The molecule has 0 saturated heterocycles. The van der Waals surface area contributed by atoms with Crippen LogP contribution in [0.1, 0.15) is 23.6 Å². The summed E-state index contributed by atoms with van der Waals surface area (Å²) in [6, 6.07) is 8.01. The van der Waals surface area contributed by atoms with Gasteiger partial charge in [-0.25, -0.2) is 4.39 Å². The third kappa shape index (κ3) is 3.51. The Hall–Kier alpha value is -0.980. The fourth-order valence-electron chi connectivity index (χ4n) is 2.33. The van der Waals surface area contributed by atoms with E-state index in [-0.39, 0.29) is 12.6 Å². The fourth-order valence-corrected chi connectivity index (χ4v) is 2.90. The molecule has 0 spiro atoms. The topological polar surface area (TPSA) is 66.4 Å². The van der Waals surface area contributed by atoms with Crippen LogP contribution in [0.15, 0.2) is 24.3 Å². The van der Waals surface area contributed by atoms with Gasteiger partial charge in [0.15, 0.2) is 0 Å². The number of rotatable bonds is 5. The molecule has 0 amide bonds. The Labute approximate surface area is 106 Å². The lowest BCUT2D eigenvalue weighted by molar-refractivity contribution is 0.323. The number of fused-ring (bicyclic) bond motifs is 1. The molecular formula is C12H16FNO3S. The molecule has 0 bridgehead atoms. The lowest BCUT2D eigenvalue weighted by Crippen LogP contribution is -2.31. The fraction of sp³-hybridized carbons (Fsp3) is 0.500. The molecule has 2 atom stereocenters. The molecule has 1 aliphatic rings. The Balaban J connectivity index is 1.89. The van der Waals surface area contributed by atoms with Gasteiger partial charge in [0.25, 0.3) is 10.1 Å². The first kappa shape index (κ1) is 13.5. The minimum Gasteiger partial charge on any atom is -0.307 e. The van der Waals surface area contributed by atoms with Crippen molar-refractivity contribution >= 4 is 10.1 Å². The summed E-state index contributed by atoms with van der Waals surface area (Å²) in [5.74, 6) is -0.853. The molecule has 0 fully saturated rings. The first-order valence-corrected chi connectivity index (χ1v) is 7.47. The molecule has 1 aromatic rings. The van der Waals surface area contributed by atoms with Crippen LogP contribution in [0.25, 0.3) is 0 Å². The second kappa shape index (κ2) is 5.34. The lowest BCUT2D eigenvalue weighted by Gasteiger charge is -2.15. The highest BCUT2D eigenvalue weighted by Crippen LogP contribution is 2.30. The van der Waals surface area contributed by atoms with Crippen molar-refractivity contribution in [1.29, 1.82) is 0 Å². The van der Waals surface area contributed by atoms with E-state index in [1.165, 1.54) is 5.56 Å². The van der Waals surface area contributed by atoms with E-state index in [4.69, 9.17) is 4.55 Å². The van der Waals surface area contributed by atoms with E-state index >= 15 is 0 Å². The molecule has 2 N–H and O–H groups in total. The molecule has 100 valence electrons. The maximum absolute atomic E-state index is 13.3. The normalized spacial score (nSPS) is 20.7. The number of hydrogen-bond donors (Lipinski definition) is 2. The predicted octanol–water partition coefficient (Wildman–Crippen LogP) is 1.49. The third-order valence-electron chi connectivity index (χ3n) is 3.11. The number of nitrogens with one attached hydrogen (secondary N) is 1. The summed E-state index contributed by atoms with van der Waals surface area (Å²) < 4.78 is 42.9. The van der Waals surface area contributed by atoms with Crippen molar-refractivity contribution in [3.63, 3.8) is 0 Å². The van der Waals surface area contributed by atoms with E-state index in [1.807, 2.05) is 24.3 Å². The summed E-state index contributed by atoms with van der Waals surface area (Å²) in [4.78, 5) is 0. The Morgan fingerprint density at radius 1 is 1.44 bits per heavy atom. The van der Waals surface area contributed by atoms with Crippen LogP contribution < -0.4 is 5.32 Å². The van der Waals surface area contributed by atoms with E-state index in [1.54, 1.807) is 0 Å².